The van der Waals surface area contributed by atoms with Gasteiger partial charge in [-0.05, 0) is 43.9 Å². The SMILES string of the molecule is CN(C)C(CNS(=O)(=O)c1ccc(C(=O)NCC(F)(F)F)cc1)c1ccccc1. The highest BCUT2D eigenvalue weighted by Crippen LogP contribution is 2.18. The van der Waals surface area contributed by atoms with Gasteiger partial charge in [-0.25, -0.2) is 13.1 Å². The molecule has 1 atom stereocenters. The minimum atomic E-state index is -4.52. The van der Waals surface area contributed by atoms with Crippen LogP contribution in [0.5, 0.6) is 0 Å². The molecule has 2 N–H and O–H groups in total. The molecule has 0 saturated carbocycles. The molecule has 0 spiro atoms. The van der Waals surface area contributed by atoms with Crippen LogP contribution in [-0.2, 0) is 10.0 Å². The molecule has 29 heavy (non-hydrogen) atoms. The van der Waals surface area contributed by atoms with Crippen molar-refractivity contribution in [3.8, 4) is 0 Å². The lowest BCUT2D eigenvalue weighted by Gasteiger charge is -2.25. The van der Waals surface area contributed by atoms with E-state index in [1.54, 1.807) is 5.32 Å². The predicted octanol–water partition coefficient (Wildman–Crippen LogP) is 2.56. The Hall–Kier alpha value is -2.43. The van der Waals surface area contributed by atoms with Gasteiger partial charge in [0.1, 0.15) is 6.54 Å². The zero-order valence-electron chi connectivity index (χ0n) is 15.9. The van der Waals surface area contributed by atoms with Crippen LogP contribution >= 0.6 is 0 Å². The maximum absolute atomic E-state index is 12.5. The van der Waals surface area contributed by atoms with Gasteiger partial charge in [0, 0.05) is 18.2 Å². The van der Waals surface area contributed by atoms with Crippen LogP contribution in [0, 0.1) is 0 Å². The van der Waals surface area contributed by atoms with E-state index in [4.69, 9.17) is 0 Å². The molecule has 2 aromatic carbocycles. The lowest BCUT2D eigenvalue weighted by atomic mass is 10.1. The van der Waals surface area contributed by atoms with Crippen molar-refractivity contribution in [2.45, 2.75) is 17.1 Å². The molecule has 6 nitrogen and oxygen atoms in total. The average molecular weight is 429 g/mol. The number of benzene rings is 2. The number of nitrogens with zero attached hydrogens (tertiary/aromatic N) is 1. The summed E-state index contributed by atoms with van der Waals surface area (Å²) in [6.45, 7) is -1.34. The summed E-state index contributed by atoms with van der Waals surface area (Å²) in [5.41, 5.74) is 0.875. The molecule has 2 aromatic rings. The monoisotopic (exact) mass is 429 g/mol. The molecule has 0 radical (unpaired) electrons. The predicted molar refractivity (Wildman–Crippen MR) is 103 cm³/mol. The minimum Gasteiger partial charge on any atom is -0.343 e. The minimum absolute atomic E-state index is 0.0661. The number of carbonyl (C=O) groups is 1. The molecular weight excluding hydrogens is 407 g/mol. The number of carbonyl (C=O) groups excluding carboxylic acids is 1. The molecule has 0 aromatic heterocycles. The molecule has 0 fully saturated rings. The van der Waals surface area contributed by atoms with Gasteiger partial charge in [0.2, 0.25) is 10.0 Å². The summed E-state index contributed by atoms with van der Waals surface area (Å²) in [6.07, 6.45) is -4.52. The number of likely N-dealkylation sites (N-methyl/N-ethyl adjacent to an activating group) is 1. The second-order valence-corrected chi connectivity index (χ2v) is 8.33. The van der Waals surface area contributed by atoms with Crippen molar-refractivity contribution in [2.75, 3.05) is 27.2 Å². The number of amides is 1. The highest BCUT2D eigenvalue weighted by atomic mass is 32.2. The smallest absolute Gasteiger partial charge is 0.343 e. The van der Waals surface area contributed by atoms with Crippen molar-refractivity contribution in [2.24, 2.45) is 0 Å². The van der Waals surface area contributed by atoms with Gasteiger partial charge in [-0.15, -0.1) is 0 Å². The number of sulfonamides is 1. The highest BCUT2D eigenvalue weighted by molar-refractivity contribution is 7.89. The number of alkyl halides is 3. The Morgan fingerprint density at radius 3 is 2.14 bits per heavy atom. The van der Waals surface area contributed by atoms with Crippen LogP contribution in [0.1, 0.15) is 22.0 Å². The van der Waals surface area contributed by atoms with Gasteiger partial charge in [-0.2, -0.15) is 13.2 Å². The normalized spacial score (nSPS) is 13.3. The molecule has 0 aliphatic rings. The summed E-state index contributed by atoms with van der Waals surface area (Å²) in [5.74, 6) is -0.934. The van der Waals surface area contributed by atoms with Crippen molar-refractivity contribution >= 4 is 15.9 Å². The molecule has 0 bridgehead atoms. The van der Waals surface area contributed by atoms with Crippen molar-refractivity contribution < 1.29 is 26.4 Å². The van der Waals surface area contributed by atoms with Crippen LogP contribution in [0.2, 0.25) is 0 Å². The second kappa shape index (κ2) is 9.38. The first kappa shape index (κ1) is 22.9. The lowest BCUT2D eigenvalue weighted by molar-refractivity contribution is -0.123. The quantitative estimate of drug-likeness (QED) is 0.676. The van der Waals surface area contributed by atoms with Crippen LogP contribution < -0.4 is 10.0 Å². The largest absolute Gasteiger partial charge is 0.405 e. The second-order valence-electron chi connectivity index (χ2n) is 6.56. The molecular formula is C19H22F3N3O3S. The third-order valence-electron chi connectivity index (χ3n) is 4.15. The van der Waals surface area contributed by atoms with Gasteiger partial charge < -0.3 is 10.2 Å². The van der Waals surface area contributed by atoms with Gasteiger partial charge in [-0.1, -0.05) is 30.3 Å². The molecule has 0 aliphatic carbocycles. The third-order valence-corrected chi connectivity index (χ3v) is 5.59. The summed E-state index contributed by atoms with van der Waals surface area (Å²) >= 11 is 0. The maximum Gasteiger partial charge on any atom is 0.405 e. The van der Waals surface area contributed by atoms with E-state index in [1.807, 2.05) is 49.3 Å². The fourth-order valence-electron chi connectivity index (χ4n) is 2.61. The Kier molecular flexibility index (Phi) is 7.39. The Morgan fingerprint density at radius 1 is 1.03 bits per heavy atom. The van der Waals surface area contributed by atoms with Crippen LogP contribution in [0.4, 0.5) is 13.2 Å². The van der Waals surface area contributed by atoms with Crippen LogP contribution in [0.15, 0.2) is 59.5 Å². The zero-order valence-corrected chi connectivity index (χ0v) is 16.7. The van der Waals surface area contributed by atoms with E-state index in [1.165, 1.54) is 24.3 Å². The Balaban J connectivity index is 2.06. The number of hydrogen-bond donors (Lipinski definition) is 2. The molecule has 0 saturated heterocycles. The molecule has 158 valence electrons. The summed E-state index contributed by atoms with van der Waals surface area (Å²) in [4.78, 5) is 13.5. The first-order valence-corrected chi connectivity index (χ1v) is 10.1. The van der Waals surface area contributed by atoms with E-state index >= 15 is 0 Å². The van der Waals surface area contributed by atoms with Gasteiger partial charge in [0.15, 0.2) is 0 Å². The van der Waals surface area contributed by atoms with E-state index in [-0.39, 0.29) is 23.0 Å². The van der Waals surface area contributed by atoms with Crippen molar-refractivity contribution in [1.82, 2.24) is 14.9 Å². The first-order valence-electron chi connectivity index (χ1n) is 8.65. The van der Waals surface area contributed by atoms with Gasteiger partial charge >= 0.3 is 6.18 Å². The van der Waals surface area contributed by atoms with Crippen molar-refractivity contribution in [1.29, 1.82) is 0 Å². The van der Waals surface area contributed by atoms with Gasteiger partial charge in [-0.3, -0.25) is 4.79 Å². The fourth-order valence-corrected chi connectivity index (χ4v) is 3.65. The molecule has 0 heterocycles. The molecule has 1 unspecified atom stereocenters. The number of nitrogens with one attached hydrogen (secondary N) is 2. The van der Waals surface area contributed by atoms with Gasteiger partial charge in [0.05, 0.1) is 4.90 Å². The summed E-state index contributed by atoms with van der Waals surface area (Å²) in [6, 6.07) is 13.9. The third kappa shape index (κ3) is 6.84. The van der Waals surface area contributed by atoms with Gasteiger partial charge in [0.25, 0.3) is 5.91 Å². The van der Waals surface area contributed by atoms with E-state index in [0.29, 0.717) is 0 Å². The van der Waals surface area contributed by atoms with E-state index < -0.39 is 28.7 Å². The average Bonchev–Trinajstić information content (AvgIpc) is 2.66. The van der Waals surface area contributed by atoms with Crippen molar-refractivity contribution in [3.63, 3.8) is 0 Å². The molecule has 1 amide bonds. The van der Waals surface area contributed by atoms with E-state index in [2.05, 4.69) is 4.72 Å². The lowest BCUT2D eigenvalue weighted by Crippen LogP contribution is -2.35. The fraction of sp³-hybridized carbons (Fsp3) is 0.316. The zero-order chi connectivity index (χ0) is 21.7. The van der Waals surface area contributed by atoms with Crippen molar-refractivity contribution in [3.05, 3.63) is 65.7 Å². The van der Waals surface area contributed by atoms with Crippen LogP contribution in [-0.4, -0.2) is 52.6 Å². The molecule has 2 rings (SSSR count). The maximum atomic E-state index is 12.5. The molecule has 0 aliphatic heterocycles. The first-order chi connectivity index (χ1) is 13.5. The highest BCUT2D eigenvalue weighted by Gasteiger charge is 2.28. The van der Waals surface area contributed by atoms with Crippen LogP contribution in [0.3, 0.4) is 0 Å². The van der Waals surface area contributed by atoms with E-state index in [9.17, 15) is 26.4 Å². The summed E-state index contributed by atoms with van der Waals surface area (Å²) < 4.78 is 64.2. The number of hydrogen-bond acceptors (Lipinski definition) is 4. The number of halogens is 3. The molecule has 10 heteroatoms. The number of rotatable bonds is 8. The topological polar surface area (TPSA) is 78.5 Å². The Labute approximate surface area is 167 Å². The summed E-state index contributed by atoms with van der Waals surface area (Å²) in [7, 11) is -0.196. The van der Waals surface area contributed by atoms with E-state index in [0.717, 1.165) is 5.56 Å². The Bertz CT molecular complexity index is 915. The summed E-state index contributed by atoms with van der Waals surface area (Å²) in [5, 5.41) is 1.73. The Morgan fingerprint density at radius 2 is 1.62 bits per heavy atom. The standard InChI is InChI=1S/C19H22F3N3O3S/c1-25(2)17(14-6-4-3-5-7-14)12-24-29(27,28)16-10-8-15(9-11-16)18(26)23-13-19(20,21)22/h3-11,17,24H,12-13H2,1-2H3,(H,23,26). The van der Waals surface area contributed by atoms with Crippen LogP contribution in [0.25, 0.3) is 0 Å².